The van der Waals surface area contributed by atoms with Gasteiger partial charge in [-0.1, -0.05) is 135 Å². The van der Waals surface area contributed by atoms with Crippen molar-refractivity contribution in [1.82, 2.24) is 0 Å². The SMILES string of the molecule is CC(C)(C)CC(C)(C)c1cc(Cc2cc(C(C)(C)CC(C)(C)C)cc(C(C)(C)C)c2O)c(O)c(C(C)(C)C)c1. The molecule has 0 unspecified atom stereocenters. The van der Waals surface area contributed by atoms with Crippen LogP contribution in [0.4, 0.5) is 0 Å². The quantitative estimate of drug-likeness (QED) is 0.385. The van der Waals surface area contributed by atoms with E-state index in [1.807, 2.05) is 0 Å². The molecule has 2 N–H and O–H groups in total. The summed E-state index contributed by atoms with van der Waals surface area (Å²) in [6.07, 6.45) is 2.55. The third-order valence-corrected chi connectivity index (χ3v) is 7.88. The molecule has 0 saturated heterocycles. The van der Waals surface area contributed by atoms with Gasteiger partial charge in [-0.2, -0.15) is 0 Å². The normalized spacial score (nSPS) is 14.2. The van der Waals surface area contributed by atoms with Crippen LogP contribution >= 0.6 is 0 Å². The fourth-order valence-corrected chi connectivity index (χ4v) is 6.64. The fraction of sp³-hybridized carbons (Fsp3) is 0.676. The van der Waals surface area contributed by atoms with Crippen LogP contribution < -0.4 is 0 Å². The molecule has 2 nitrogen and oxygen atoms in total. The Morgan fingerprint density at radius 2 is 0.744 bits per heavy atom. The lowest BCUT2D eigenvalue weighted by Gasteiger charge is -2.35. The maximum atomic E-state index is 11.6. The van der Waals surface area contributed by atoms with Crippen LogP contribution in [0.1, 0.15) is 157 Å². The maximum Gasteiger partial charge on any atom is 0.122 e. The van der Waals surface area contributed by atoms with Crippen LogP contribution in [0.5, 0.6) is 11.5 Å². The lowest BCUT2D eigenvalue weighted by Crippen LogP contribution is -2.26. The summed E-state index contributed by atoms with van der Waals surface area (Å²) in [5.74, 6) is 0.711. The predicted octanol–water partition coefficient (Wildman–Crippen LogP) is 10.7. The molecule has 220 valence electrons. The summed E-state index contributed by atoms with van der Waals surface area (Å²) in [5, 5.41) is 23.3. The van der Waals surface area contributed by atoms with E-state index in [0.717, 1.165) is 35.1 Å². The highest BCUT2D eigenvalue weighted by molar-refractivity contribution is 5.55. The summed E-state index contributed by atoms with van der Waals surface area (Å²) in [7, 11) is 0. The van der Waals surface area contributed by atoms with Gasteiger partial charge in [-0.3, -0.25) is 0 Å². The molecule has 2 aromatic carbocycles. The van der Waals surface area contributed by atoms with Gasteiger partial charge in [0.1, 0.15) is 11.5 Å². The number of rotatable bonds is 6. The molecular weight excluding hydrogens is 476 g/mol. The van der Waals surface area contributed by atoms with Crippen LogP contribution in [0.15, 0.2) is 24.3 Å². The van der Waals surface area contributed by atoms with Crippen molar-refractivity contribution in [3.8, 4) is 11.5 Å². The summed E-state index contributed by atoms with van der Waals surface area (Å²) >= 11 is 0. The largest absolute Gasteiger partial charge is 0.507 e. The van der Waals surface area contributed by atoms with E-state index in [1.165, 1.54) is 11.1 Å². The fourth-order valence-electron chi connectivity index (χ4n) is 6.64. The Hall–Kier alpha value is -1.96. The molecule has 0 atom stereocenters. The molecule has 0 aliphatic carbocycles. The minimum absolute atomic E-state index is 0.0597. The van der Waals surface area contributed by atoms with Crippen LogP contribution in [0, 0.1) is 10.8 Å². The highest BCUT2D eigenvalue weighted by atomic mass is 16.3. The Balaban J connectivity index is 2.83. The van der Waals surface area contributed by atoms with Gasteiger partial charge in [-0.15, -0.1) is 0 Å². The van der Waals surface area contributed by atoms with Crippen LogP contribution in [-0.4, -0.2) is 10.2 Å². The first-order valence-corrected chi connectivity index (χ1v) is 14.9. The van der Waals surface area contributed by atoms with Crippen molar-refractivity contribution in [1.29, 1.82) is 0 Å². The van der Waals surface area contributed by atoms with Gasteiger partial charge >= 0.3 is 0 Å². The van der Waals surface area contributed by atoms with Gasteiger partial charge < -0.3 is 10.2 Å². The van der Waals surface area contributed by atoms with E-state index in [1.54, 1.807) is 0 Å². The van der Waals surface area contributed by atoms with Crippen LogP contribution in [0.25, 0.3) is 0 Å². The first-order valence-electron chi connectivity index (χ1n) is 14.9. The summed E-state index contributed by atoms with van der Waals surface area (Å²) in [6.45, 7) is 36.0. The number of phenolic OH excluding ortho intramolecular Hbond substituents is 2. The van der Waals surface area contributed by atoms with Gasteiger partial charge in [0, 0.05) is 6.42 Å². The van der Waals surface area contributed by atoms with Crippen LogP contribution in [0.2, 0.25) is 0 Å². The van der Waals surface area contributed by atoms with Crippen molar-refractivity contribution < 1.29 is 10.2 Å². The molecule has 2 rings (SSSR count). The molecule has 0 fully saturated rings. The molecule has 0 radical (unpaired) electrons. The van der Waals surface area contributed by atoms with Gasteiger partial charge in [0.2, 0.25) is 0 Å². The smallest absolute Gasteiger partial charge is 0.122 e. The van der Waals surface area contributed by atoms with Crippen molar-refractivity contribution in [3.63, 3.8) is 0 Å². The zero-order valence-electron chi connectivity index (χ0n) is 28.3. The average Bonchev–Trinajstić information content (AvgIpc) is 2.65. The van der Waals surface area contributed by atoms with Crippen LogP contribution in [-0.2, 0) is 28.1 Å². The minimum atomic E-state index is -0.207. The van der Waals surface area contributed by atoms with E-state index in [4.69, 9.17) is 0 Å². The van der Waals surface area contributed by atoms with Crippen molar-refractivity contribution in [2.24, 2.45) is 10.8 Å². The molecule has 0 aromatic heterocycles. The summed E-state index contributed by atoms with van der Waals surface area (Å²) in [6, 6.07) is 8.82. The summed E-state index contributed by atoms with van der Waals surface area (Å²) < 4.78 is 0. The van der Waals surface area contributed by atoms with Gasteiger partial charge in [0.15, 0.2) is 0 Å². The highest BCUT2D eigenvalue weighted by Crippen LogP contribution is 2.45. The van der Waals surface area contributed by atoms with Gasteiger partial charge in [0.05, 0.1) is 0 Å². The second-order valence-electron chi connectivity index (χ2n) is 18.0. The first kappa shape index (κ1) is 33.2. The first-order chi connectivity index (χ1) is 17.1. The van der Waals surface area contributed by atoms with Gasteiger partial charge in [-0.05, 0) is 78.7 Å². The predicted molar refractivity (Wildman–Crippen MR) is 171 cm³/mol. The standard InChI is InChI=1S/C37H60O2/c1-32(2,3)22-36(13,14)26-18-24(30(38)28(20-26)34(7,8)9)17-25-19-27(37(15,16)23-33(4,5)6)21-29(31(25)39)35(10,11)12/h18-21,38-39H,17,22-23H2,1-16H3. The Bertz CT molecular complexity index is 1070. The number of aromatic hydroxyl groups is 2. The Morgan fingerprint density at radius 1 is 0.462 bits per heavy atom. The van der Waals surface area contributed by atoms with E-state index >= 15 is 0 Å². The highest BCUT2D eigenvalue weighted by Gasteiger charge is 2.33. The molecule has 0 spiro atoms. The van der Waals surface area contributed by atoms with Crippen molar-refractivity contribution >= 4 is 0 Å². The maximum absolute atomic E-state index is 11.6. The lowest BCUT2D eigenvalue weighted by atomic mass is 9.69. The molecule has 0 saturated carbocycles. The number of hydrogen-bond donors (Lipinski definition) is 2. The second-order valence-corrected chi connectivity index (χ2v) is 18.0. The van der Waals surface area contributed by atoms with Crippen molar-refractivity contribution in [2.45, 2.75) is 152 Å². The van der Waals surface area contributed by atoms with E-state index in [-0.39, 0.29) is 32.5 Å². The summed E-state index contributed by atoms with van der Waals surface area (Å²) in [4.78, 5) is 0. The topological polar surface area (TPSA) is 40.5 Å². The molecule has 0 aliphatic heterocycles. The Labute approximate surface area is 241 Å². The molecule has 0 aliphatic rings. The van der Waals surface area contributed by atoms with Crippen molar-refractivity contribution in [3.05, 3.63) is 57.6 Å². The zero-order valence-corrected chi connectivity index (χ0v) is 28.3. The van der Waals surface area contributed by atoms with E-state index in [2.05, 4.69) is 135 Å². The molecule has 2 heteroatoms. The molecule has 2 aromatic rings. The average molecular weight is 537 g/mol. The molecule has 0 amide bonds. The molecule has 0 heterocycles. The lowest BCUT2D eigenvalue weighted by molar-refractivity contribution is 0.283. The number of phenols is 2. The third-order valence-electron chi connectivity index (χ3n) is 7.88. The minimum Gasteiger partial charge on any atom is -0.507 e. The monoisotopic (exact) mass is 536 g/mol. The van der Waals surface area contributed by atoms with Gasteiger partial charge in [0.25, 0.3) is 0 Å². The van der Waals surface area contributed by atoms with Crippen LogP contribution in [0.3, 0.4) is 0 Å². The van der Waals surface area contributed by atoms with E-state index in [0.29, 0.717) is 17.9 Å². The molecule has 39 heavy (non-hydrogen) atoms. The number of benzene rings is 2. The Morgan fingerprint density at radius 3 is 0.974 bits per heavy atom. The van der Waals surface area contributed by atoms with E-state index < -0.39 is 0 Å². The number of hydrogen-bond acceptors (Lipinski definition) is 2. The van der Waals surface area contributed by atoms with Gasteiger partial charge in [-0.25, -0.2) is 0 Å². The third kappa shape index (κ3) is 8.51. The second kappa shape index (κ2) is 10.5. The molecular formula is C37H60O2. The molecule has 0 bridgehead atoms. The Kier molecular flexibility index (Phi) is 8.92. The van der Waals surface area contributed by atoms with E-state index in [9.17, 15) is 10.2 Å². The summed E-state index contributed by atoms with van der Waals surface area (Å²) in [5.41, 5.74) is 6.03. The zero-order chi connectivity index (χ0) is 30.6. The van der Waals surface area contributed by atoms with Crippen molar-refractivity contribution in [2.75, 3.05) is 0 Å².